The van der Waals surface area contributed by atoms with Gasteiger partial charge in [-0.25, -0.2) is 14.6 Å². The van der Waals surface area contributed by atoms with E-state index in [1.807, 2.05) is 48.9 Å². The first-order valence-corrected chi connectivity index (χ1v) is 11.5. The molecule has 0 aliphatic carbocycles. The molecule has 7 nitrogen and oxygen atoms in total. The number of nitrogens with zero attached hydrogens (tertiary/aromatic N) is 5. The molecule has 0 saturated carbocycles. The summed E-state index contributed by atoms with van der Waals surface area (Å²) in [5.41, 5.74) is 3.79. The first kappa shape index (κ1) is 21.5. The van der Waals surface area contributed by atoms with Crippen LogP contribution in [-0.4, -0.2) is 38.7 Å². The molecule has 31 heavy (non-hydrogen) atoms. The van der Waals surface area contributed by atoms with Crippen molar-refractivity contribution in [3.8, 4) is 5.82 Å². The van der Waals surface area contributed by atoms with Gasteiger partial charge in [0.05, 0.1) is 11.4 Å². The lowest BCUT2D eigenvalue weighted by Crippen LogP contribution is -2.30. The monoisotopic (exact) mass is 482 g/mol. The number of hydrogen-bond donors (Lipinski definition) is 1. The lowest BCUT2D eigenvalue weighted by Gasteiger charge is -2.27. The van der Waals surface area contributed by atoms with Gasteiger partial charge in [-0.3, -0.25) is 4.79 Å². The number of piperidine rings is 1. The predicted octanol–water partition coefficient (Wildman–Crippen LogP) is 4.60. The number of carbonyl (C=O) groups is 1. The Labute approximate surface area is 191 Å². The van der Waals surface area contributed by atoms with Crippen molar-refractivity contribution >= 4 is 33.3 Å². The van der Waals surface area contributed by atoms with Gasteiger partial charge in [0.15, 0.2) is 5.82 Å². The van der Waals surface area contributed by atoms with Gasteiger partial charge in [-0.2, -0.15) is 5.10 Å². The Balaban J connectivity index is 1.47. The molecule has 3 heterocycles. The van der Waals surface area contributed by atoms with Gasteiger partial charge in [-0.15, -0.1) is 0 Å². The number of aromatic nitrogens is 4. The Morgan fingerprint density at radius 1 is 1.10 bits per heavy atom. The summed E-state index contributed by atoms with van der Waals surface area (Å²) in [5.74, 6) is 1.69. The zero-order chi connectivity index (χ0) is 21.8. The lowest BCUT2D eigenvalue weighted by atomic mass is 10.1. The van der Waals surface area contributed by atoms with E-state index in [1.54, 1.807) is 6.33 Å². The Kier molecular flexibility index (Phi) is 6.65. The molecule has 0 atom stereocenters. The molecule has 1 saturated heterocycles. The van der Waals surface area contributed by atoms with Crippen LogP contribution in [-0.2, 0) is 11.2 Å². The van der Waals surface area contributed by atoms with Crippen molar-refractivity contribution in [1.82, 2.24) is 19.7 Å². The third kappa shape index (κ3) is 4.95. The van der Waals surface area contributed by atoms with E-state index < -0.39 is 0 Å². The van der Waals surface area contributed by atoms with Crippen LogP contribution in [0.5, 0.6) is 0 Å². The largest absolute Gasteiger partial charge is 0.356 e. The SMILES string of the molecule is Cc1nn(-c2cc(N3CCCCC3)ncn2)c(C)c1CCC(=O)Nc1ccccc1Br. The zero-order valence-electron chi connectivity index (χ0n) is 17.9. The van der Waals surface area contributed by atoms with E-state index in [4.69, 9.17) is 5.10 Å². The highest BCUT2D eigenvalue weighted by molar-refractivity contribution is 9.10. The standard InChI is InChI=1S/C23H27BrN6O/c1-16-18(10-11-23(31)27-20-9-5-4-8-19(20)24)17(2)30(28-16)22-14-21(25-15-26-22)29-12-6-3-7-13-29/h4-5,8-9,14-15H,3,6-7,10-13H2,1-2H3,(H,27,31). The molecule has 0 spiro atoms. The molecule has 1 fully saturated rings. The van der Waals surface area contributed by atoms with E-state index in [0.717, 1.165) is 51.8 Å². The van der Waals surface area contributed by atoms with Gasteiger partial charge in [0, 0.05) is 35.7 Å². The Morgan fingerprint density at radius 2 is 1.84 bits per heavy atom. The van der Waals surface area contributed by atoms with Crippen LogP contribution in [0.2, 0.25) is 0 Å². The van der Waals surface area contributed by atoms with E-state index in [9.17, 15) is 4.79 Å². The first-order chi connectivity index (χ1) is 15.0. The quantitative estimate of drug-likeness (QED) is 0.555. The third-order valence-corrected chi connectivity index (χ3v) is 6.42. The van der Waals surface area contributed by atoms with Gasteiger partial charge in [0.1, 0.15) is 12.1 Å². The lowest BCUT2D eigenvalue weighted by molar-refractivity contribution is -0.116. The van der Waals surface area contributed by atoms with E-state index in [0.29, 0.717) is 12.8 Å². The zero-order valence-corrected chi connectivity index (χ0v) is 19.5. The highest BCUT2D eigenvalue weighted by Gasteiger charge is 2.18. The minimum atomic E-state index is -0.0205. The summed E-state index contributed by atoms with van der Waals surface area (Å²) in [6.45, 7) is 6.08. The summed E-state index contributed by atoms with van der Waals surface area (Å²) in [4.78, 5) is 23.7. The molecule has 0 radical (unpaired) electrons. The molecular weight excluding hydrogens is 456 g/mol. The average molecular weight is 483 g/mol. The van der Waals surface area contributed by atoms with Crippen LogP contribution in [0.4, 0.5) is 11.5 Å². The van der Waals surface area contributed by atoms with Crippen LogP contribution in [0.1, 0.15) is 42.6 Å². The van der Waals surface area contributed by atoms with E-state index in [-0.39, 0.29) is 5.91 Å². The van der Waals surface area contributed by atoms with Crippen LogP contribution in [0.15, 0.2) is 41.1 Å². The highest BCUT2D eigenvalue weighted by atomic mass is 79.9. The summed E-state index contributed by atoms with van der Waals surface area (Å²) in [7, 11) is 0. The number of hydrogen-bond acceptors (Lipinski definition) is 5. The third-order valence-electron chi connectivity index (χ3n) is 5.73. The number of halogens is 1. The molecule has 3 aromatic rings. The minimum Gasteiger partial charge on any atom is -0.356 e. The van der Waals surface area contributed by atoms with Crippen molar-refractivity contribution in [2.75, 3.05) is 23.3 Å². The van der Waals surface area contributed by atoms with Gasteiger partial charge in [-0.05, 0) is 73.2 Å². The molecule has 162 valence electrons. The van der Waals surface area contributed by atoms with Crippen molar-refractivity contribution < 1.29 is 4.79 Å². The van der Waals surface area contributed by atoms with Gasteiger partial charge < -0.3 is 10.2 Å². The Morgan fingerprint density at radius 3 is 2.61 bits per heavy atom. The molecule has 1 aliphatic heterocycles. The first-order valence-electron chi connectivity index (χ1n) is 10.7. The fourth-order valence-corrected chi connectivity index (χ4v) is 4.41. The number of rotatable bonds is 6. The van der Waals surface area contributed by atoms with Crippen molar-refractivity contribution in [2.24, 2.45) is 0 Å². The van der Waals surface area contributed by atoms with Crippen LogP contribution in [0, 0.1) is 13.8 Å². The Hall–Kier alpha value is -2.74. The molecule has 4 rings (SSSR count). The number of benzene rings is 1. The molecule has 2 aromatic heterocycles. The average Bonchev–Trinajstić information content (AvgIpc) is 3.08. The summed E-state index contributed by atoms with van der Waals surface area (Å²) in [6.07, 6.45) is 6.30. The number of carbonyl (C=O) groups excluding carboxylic acids is 1. The molecule has 1 aromatic carbocycles. The summed E-state index contributed by atoms with van der Waals surface area (Å²) in [6, 6.07) is 9.62. The van der Waals surface area contributed by atoms with E-state index >= 15 is 0 Å². The van der Waals surface area contributed by atoms with Crippen molar-refractivity contribution in [2.45, 2.75) is 46.0 Å². The number of para-hydroxylation sites is 1. The van der Waals surface area contributed by atoms with Crippen molar-refractivity contribution in [3.63, 3.8) is 0 Å². The van der Waals surface area contributed by atoms with Gasteiger partial charge in [0.25, 0.3) is 0 Å². The van der Waals surface area contributed by atoms with Crippen LogP contribution in [0.25, 0.3) is 5.82 Å². The van der Waals surface area contributed by atoms with Gasteiger partial charge in [-0.1, -0.05) is 12.1 Å². The van der Waals surface area contributed by atoms with Gasteiger partial charge in [0.2, 0.25) is 5.91 Å². The fraction of sp³-hybridized carbons (Fsp3) is 0.391. The molecule has 0 unspecified atom stereocenters. The second kappa shape index (κ2) is 9.60. The molecular formula is C23H27BrN6O. The maximum absolute atomic E-state index is 12.5. The fourth-order valence-electron chi connectivity index (χ4n) is 4.02. The smallest absolute Gasteiger partial charge is 0.224 e. The van der Waals surface area contributed by atoms with E-state index in [1.165, 1.54) is 19.3 Å². The van der Waals surface area contributed by atoms with Crippen LogP contribution < -0.4 is 10.2 Å². The number of aryl methyl sites for hydroxylation is 1. The Bertz CT molecular complexity index is 1070. The van der Waals surface area contributed by atoms with Gasteiger partial charge >= 0.3 is 0 Å². The maximum atomic E-state index is 12.5. The number of amides is 1. The highest BCUT2D eigenvalue weighted by Crippen LogP contribution is 2.24. The summed E-state index contributed by atoms with van der Waals surface area (Å²) >= 11 is 3.46. The maximum Gasteiger partial charge on any atom is 0.224 e. The topological polar surface area (TPSA) is 75.9 Å². The summed E-state index contributed by atoms with van der Waals surface area (Å²) in [5, 5.41) is 7.67. The van der Waals surface area contributed by atoms with Crippen LogP contribution in [0.3, 0.4) is 0 Å². The summed E-state index contributed by atoms with van der Waals surface area (Å²) < 4.78 is 2.74. The van der Waals surface area contributed by atoms with Crippen molar-refractivity contribution in [3.05, 3.63) is 58.1 Å². The molecule has 0 bridgehead atoms. The molecule has 8 heteroatoms. The second-order valence-electron chi connectivity index (χ2n) is 7.87. The van der Waals surface area contributed by atoms with E-state index in [2.05, 4.69) is 36.1 Å². The number of anilines is 2. The predicted molar refractivity (Wildman–Crippen MR) is 126 cm³/mol. The van der Waals surface area contributed by atoms with Crippen LogP contribution >= 0.6 is 15.9 Å². The second-order valence-corrected chi connectivity index (χ2v) is 8.73. The molecule has 1 N–H and O–H groups in total. The van der Waals surface area contributed by atoms with Crippen molar-refractivity contribution in [1.29, 1.82) is 0 Å². The number of nitrogens with one attached hydrogen (secondary N) is 1. The normalized spacial score (nSPS) is 14.0. The minimum absolute atomic E-state index is 0.0205. The molecule has 1 amide bonds. The molecule has 1 aliphatic rings.